The van der Waals surface area contributed by atoms with Gasteiger partial charge in [-0.05, 0) is 55.5 Å². The number of nitrogens with zero attached hydrogens (tertiary/aromatic N) is 3. The van der Waals surface area contributed by atoms with Crippen LogP contribution in [0.5, 0.6) is 0 Å². The van der Waals surface area contributed by atoms with Crippen LogP contribution in [0.3, 0.4) is 0 Å². The predicted molar refractivity (Wildman–Crippen MR) is 110 cm³/mol. The number of aliphatic hydroxyl groups excluding tert-OH is 1. The summed E-state index contributed by atoms with van der Waals surface area (Å²) in [7, 11) is 0. The molecule has 0 radical (unpaired) electrons. The lowest BCUT2D eigenvalue weighted by Gasteiger charge is -2.28. The molecule has 2 atom stereocenters. The Bertz CT molecular complexity index is 923. The maximum absolute atomic E-state index is 9.58. The van der Waals surface area contributed by atoms with Crippen LogP contribution < -0.4 is 5.32 Å². The van der Waals surface area contributed by atoms with Crippen LogP contribution in [0, 0.1) is 6.92 Å². The zero-order valence-corrected chi connectivity index (χ0v) is 15.9. The highest BCUT2D eigenvalue weighted by Crippen LogP contribution is 2.39. The number of nitrogens with one attached hydrogen (secondary N) is 1. The zero-order chi connectivity index (χ0) is 18.8. The van der Waals surface area contributed by atoms with Crippen molar-refractivity contribution in [3.8, 4) is 5.69 Å². The van der Waals surface area contributed by atoms with Crippen LogP contribution in [-0.2, 0) is 0 Å². The Hall–Kier alpha value is -2.70. The third kappa shape index (κ3) is 3.34. The van der Waals surface area contributed by atoms with E-state index in [1.807, 2.05) is 24.3 Å². The first kappa shape index (κ1) is 17.7. The number of thiocarbonyl (C=S) groups is 1. The second-order valence-electron chi connectivity index (χ2n) is 6.68. The van der Waals surface area contributed by atoms with Crippen molar-refractivity contribution >= 4 is 17.3 Å². The molecule has 0 bridgehead atoms. The summed E-state index contributed by atoms with van der Waals surface area (Å²) in [4.78, 5) is 6.59. The van der Waals surface area contributed by atoms with E-state index >= 15 is 0 Å². The normalized spacial score (nSPS) is 19.3. The molecule has 3 aromatic rings. The lowest BCUT2D eigenvalue weighted by molar-refractivity contribution is 0.220. The Morgan fingerprint density at radius 1 is 1.11 bits per heavy atom. The maximum Gasteiger partial charge on any atom is 0.170 e. The standard InChI is InChI=1S/C21H22N4OS/c1-15-7-9-16(10-8-15)24-12-4-6-18(24)20-19(17-5-2-3-11-22-17)23-21(27)25(20)13-14-26/h2-12,19-20,26H,13-14H2,1H3,(H,23,27)/t19-,20-/m0/s1. The molecule has 0 aliphatic carbocycles. The van der Waals surface area contributed by atoms with Crippen LogP contribution in [0.25, 0.3) is 5.69 Å². The topological polar surface area (TPSA) is 53.3 Å². The minimum absolute atomic E-state index is 0.0402. The van der Waals surface area contributed by atoms with Gasteiger partial charge in [-0.2, -0.15) is 0 Å². The second kappa shape index (κ2) is 7.50. The van der Waals surface area contributed by atoms with Gasteiger partial charge in [-0.3, -0.25) is 4.98 Å². The van der Waals surface area contributed by atoms with E-state index in [9.17, 15) is 5.11 Å². The number of aromatic nitrogens is 2. The van der Waals surface area contributed by atoms with Crippen molar-refractivity contribution < 1.29 is 5.11 Å². The van der Waals surface area contributed by atoms with Gasteiger partial charge in [0.05, 0.1) is 24.4 Å². The minimum Gasteiger partial charge on any atom is -0.395 e. The van der Waals surface area contributed by atoms with E-state index in [4.69, 9.17) is 12.2 Å². The number of pyridine rings is 1. The van der Waals surface area contributed by atoms with Gasteiger partial charge in [0, 0.05) is 30.3 Å². The summed E-state index contributed by atoms with van der Waals surface area (Å²) in [6, 6.07) is 18.4. The summed E-state index contributed by atoms with van der Waals surface area (Å²) in [5.41, 5.74) is 4.36. The van der Waals surface area contributed by atoms with Crippen LogP contribution in [-0.4, -0.2) is 37.8 Å². The van der Waals surface area contributed by atoms with Crippen LogP contribution in [0.15, 0.2) is 67.0 Å². The van der Waals surface area contributed by atoms with Crippen molar-refractivity contribution in [2.24, 2.45) is 0 Å². The molecule has 2 N–H and O–H groups in total. The van der Waals surface area contributed by atoms with Gasteiger partial charge >= 0.3 is 0 Å². The fourth-order valence-corrected chi connectivity index (χ4v) is 3.98. The van der Waals surface area contributed by atoms with Crippen molar-refractivity contribution in [2.75, 3.05) is 13.2 Å². The molecule has 2 aromatic heterocycles. The van der Waals surface area contributed by atoms with Gasteiger partial charge in [0.25, 0.3) is 0 Å². The average molecular weight is 379 g/mol. The lowest BCUT2D eigenvalue weighted by Crippen LogP contribution is -2.32. The molecule has 0 spiro atoms. The molecule has 3 heterocycles. The highest BCUT2D eigenvalue weighted by atomic mass is 32.1. The number of hydrogen-bond donors (Lipinski definition) is 2. The predicted octanol–water partition coefficient (Wildman–Crippen LogP) is 3.15. The summed E-state index contributed by atoms with van der Waals surface area (Å²) in [6.45, 7) is 2.59. The van der Waals surface area contributed by atoms with Crippen molar-refractivity contribution in [3.05, 3.63) is 83.9 Å². The molecule has 6 heteroatoms. The van der Waals surface area contributed by atoms with Gasteiger partial charge in [-0.1, -0.05) is 23.8 Å². The molecule has 4 rings (SSSR count). The summed E-state index contributed by atoms with van der Waals surface area (Å²) in [5.74, 6) is 0. The molecule has 0 amide bonds. The molecular formula is C21H22N4OS. The molecule has 27 heavy (non-hydrogen) atoms. The van der Waals surface area contributed by atoms with Crippen LogP contribution >= 0.6 is 12.2 Å². The van der Waals surface area contributed by atoms with Crippen molar-refractivity contribution in [2.45, 2.75) is 19.0 Å². The largest absolute Gasteiger partial charge is 0.395 e. The first-order chi connectivity index (χ1) is 13.2. The lowest BCUT2D eigenvalue weighted by atomic mass is 10.0. The summed E-state index contributed by atoms with van der Waals surface area (Å²) in [5, 5.41) is 13.6. The Morgan fingerprint density at radius 2 is 1.93 bits per heavy atom. The van der Waals surface area contributed by atoms with E-state index < -0.39 is 0 Å². The summed E-state index contributed by atoms with van der Waals surface area (Å²) in [6.07, 6.45) is 3.86. The minimum atomic E-state index is -0.0793. The number of aryl methyl sites for hydroxylation is 1. The van der Waals surface area contributed by atoms with E-state index in [0.717, 1.165) is 17.1 Å². The quantitative estimate of drug-likeness (QED) is 0.668. The van der Waals surface area contributed by atoms with Crippen molar-refractivity contribution in [1.82, 2.24) is 19.8 Å². The van der Waals surface area contributed by atoms with E-state index in [2.05, 4.69) is 63.2 Å². The fourth-order valence-electron chi connectivity index (χ4n) is 3.65. The van der Waals surface area contributed by atoms with E-state index in [0.29, 0.717) is 11.7 Å². The maximum atomic E-state index is 9.58. The van der Waals surface area contributed by atoms with E-state index in [-0.39, 0.29) is 18.7 Å². The monoisotopic (exact) mass is 378 g/mol. The average Bonchev–Trinajstić information content (AvgIpc) is 3.28. The summed E-state index contributed by atoms with van der Waals surface area (Å²) < 4.78 is 2.18. The number of benzene rings is 1. The third-order valence-corrected chi connectivity index (χ3v) is 5.29. The van der Waals surface area contributed by atoms with Crippen LogP contribution in [0.1, 0.15) is 29.0 Å². The van der Waals surface area contributed by atoms with Gasteiger partial charge in [0.15, 0.2) is 5.11 Å². The number of hydrogen-bond acceptors (Lipinski definition) is 3. The first-order valence-corrected chi connectivity index (χ1v) is 9.43. The van der Waals surface area contributed by atoms with Crippen LogP contribution in [0.4, 0.5) is 0 Å². The first-order valence-electron chi connectivity index (χ1n) is 9.02. The number of aliphatic hydroxyl groups is 1. The Labute approximate surface area is 164 Å². The van der Waals surface area contributed by atoms with Gasteiger partial charge in [-0.25, -0.2) is 0 Å². The van der Waals surface area contributed by atoms with E-state index in [1.165, 1.54) is 5.56 Å². The summed E-state index contributed by atoms with van der Waals surface area (Å²) >= 11 is 5.58. The molecule has 0 unspecified atom stereocenters. The molecule has 1 fully saturated rings. The number of β-amino-alcohol motifs (C(OH)–C–C–N with tert-alkyl or cyclic N) is 1. The fraction of sp³-hybridized carbons (Fsp3) is 0.238. The molecule has 1 aromatic carbocycles. The Balaban J connectivity index is 1.80. The third-order valence-electron chi connectivity index (χ3n) is 4.93. The zero-order valence-electron chi connectivity index (χ0n) is 15.1. The molecule has 0 saturated carbocycles. The van der Waals surface area contributed by atoms with Crippen molar-refractivity contribution in [3.63, 3.8) is 0 Å². The Kier molecular flexibility index (Phi) is 4.92. The van der Waals surface area contributed by atoms with Crippen LogP contribution in [0.2, 0.25) is 0 Å². The molecule has 1 saturated heterocycles. The van der Waals surface area contributed by atoms with Gasteiger partial charge in [0.1, 0.15) is 0 Å². The second-order valence-corrected chi connectivity index (χ2v) is 7.07. The molecule has 1 aliphatic rings. The van der Waals surface area contributed by atoms with Gasteiger partial charge in [0.2, 0.25) is 0 Å². The molecule has 138 valence electrons. The number of rotatable bonds is 5. The highest BCUT2D eigenvalue weighted by molar-refractivity contribution is 7.80. The highest BCUT2D eigenvalue weighted by Gasteiger charge is 2.40. The van der Waals surface area contributed by atoms with Gasteiger partial charge < -0.3 is 19.9 Å². The Morgan fingerprint density at radius 3 is 2.63 bits per heavy atom. The van der Waals surface area contributed by atoms with Gasteiger partial charge in [-0.15, -0.1) is 0 Å². The molecule has 1 aliphatic heterocycles. The molecular weight excluding hydrogens is 356 g/mol. The SMILES string of the molecule is Cc1ccc(-n2cccc2[C@H]2[C@H](c3ccccn3)NC(=S)N2CCO)cc1. The smallest absolute Gasteiger partial charge is 0.170 e. The molecule has 5 nitrogen and oxygen atoms in total. The van der Waals surface area contributed by atoms with Crippen molar-refractivity contribution in [1.29, 1.82) is 0 Å². The van der Waals surface area contributed by atoms with E-state index in [1.54, 1.807) is 6.20 Å².